The predicted molar refractivity (Wildman–Crippen MR) is 159 cm³/mol. The van der Waals surface area contributed by atoms with Gasteiger partial charge >= 0.3 is 6.18 Å². The van der Waals surface area contributed by atoms with E-state index in [9.17, 15) is 18.0 Å². The first kappa shape index (κ1) is 28.1. The molecule has 5 aromatic rings. The molecule has 1 saturated heterocycles. The van der Waals surface area contributed by atoms with E-state index in [1.807, 2.05) is 24.3 Å². The van der Waals surface area contributed by atoms with Crippen LogP contribution >= 0.6 is 0 Å². The Labute approximate surface area is 244 Å². The number of likely N-dealkylation sites (N-methyl/N-ethyl adjacent to an activating group) is 1. The number of aromatic nitrogens is 6. The molecule has 1 aliphatic heterocycles. The summed E-state index contributed by atoms with van der Waals surface area (Å²) in [6.07, 6.45) is -0.432. The molecule has 1 aromatic carbocycles. The smallest absolute Gasteiger partial charge is 0.369 e. The van der Waals surface area contributed by atoms with Crippen LogP contribution in [-0.4, -0.2) is 67.4 Å². The van der Waals surface area contributed by atoms with Crippen LogP contribution in [0.4, 0.5) is 30.5 Å². The maximum Gasteiger partial charge on any atom is 0.416 e. The van der Waals surface area contributed by atoms with Gasteiger partial charge in [0.05, 0.1) is 23.5 Å². The molecule has 6 rings (SSSR count). The molecule has 0 radical (unpaired) electrons. The number of benzene rings is 1. The lowest BCUT2D eigenvalue weighted by Gasteiger charge is -2.34. The highest BCUT2D eigenvalue weighted by Gasteiger charge is 2.31. The van der Waals surface area contributed by atoms with Crippen molar-refractivity contribution in [2.75, 3.05) is 43.4 Å². The minimum atomic E-state index is -4.53. The van der Waals surface area contributed by atoms with Gasteiger partial charge in [-0.15, -0.1) is 6.58 Å². The zero-order valence-electron chi connectivity index (χ0n) is 23.3. The minimum absolute atomic E-state index is 0.0442. The van der Waals surface area contributed by atoms with Gasteiger partial charge in [-0.3, -0.25) is 9.78 Å². The van der Waals surface area contributed by atoms with Gasteiger partial charge in [0, 0.05) is 49.9 Å². The monoisotopic (exact) mass is 587 g/mol. The fraction of sp³-hybridized carbons (Fsp3) is 0.233. The van der Waals surface area contributed by atoms with Crippen molar-refractivity contribution in [1.29, 1.82) is 0 Å². The summed E-state index contributed by atoms with van der Waals surface area (Å²) in [4.78, 5) is 35.6. The lowest BCUT2D eigenvalue weighted by molar-refractivity contribution is -0.137. The number of pyridine rings is 2. The number of anilines is 3. The summed E-state index contributed by atoms with van der Waals surface area (Å²) in [6.45, 7) is 7.83. The normalized spacial score (nSPS) is 14.3. The van der Waals surface area contributed by atoms with Gasteiger partial charge < -0.3 is 15.1 Å². The molecule has 1 fully saturated rings. The molecule has 0 saturated carbocycles. The fourth-order valence-corrected chi connectivity index (χ4v) is 4.99. The Morgan fingerprint density at radius 3 is 2.47 bits per heavy atom. The van der Waals surface area contributed by atoms with Crippen molar-refractivity contribution >= 4 is 28.4 Å². The molecule has 0 atom stereocenters. The molecule has 4 aromatic heterocycles. The number of hydrogen-bond donors (Lipinski definition) is 1. The average Bonchev–Trinajstić information content (AvgIpc) is 3.28. The molecule has 43 heavy (non-hydrogen) atoms. The van der Waals surface area contributed by atoms with E-state index in [4.69, 9.17) is 0 Å². The van der Waals surface area contributed by atoms with Crippen LogP contribution in [0, 0.1) is 0 Å². The molecule has 0 spiro atoms. The molecule has 10 nitrogen and oxygen atoms in total. The number of fused-ring (bicyclic) bond motifs is 1. The second-order valence-corrected chi connectivity index (χ2v) is 10.2. The van der Waals surface area contributed by atoms with Gasteiger partial charge in [-0.1, -0.05) is 12.1 Å². The number of alkyl halides is 3. The lowest BCUT2D eigenvalue weighted by atomic mass is 10.2. The maximum absolute atomic E-state index is 13.3. The molecule has 5 heterocycles. The summed E-state index contributed by atoms with van der Waals surface area (Å²) in [7, 11) is 2.12. The topological polar surface area (TPSA) is 97.0 Å². The van der Waals surface area contributed by atoms with Crippen LogP contribution in [-0.2, 0) is 12.7 Å². The molecule has 0 unspecified atom stereocenters. The Bertz CT molecular complexity index is 1840. The molecule has 1 aliphatic rings. The Kier molecular flexibility index (Phi) is 7.40. The standard InChI is InChI=1S/C30H28F3N9O/c1-3-13-41-28(43)23-19-35-29(36-21-7-9-22(10-8-21)40-16-14-39(2)15-17-40)38-27(23)42(41)26-6-4-5-24(37-26)25-18-20(11-12-34-25)30(31,32)33/h3-12,18-19H,1,13-17H2,2H3,(H,35,36,38). The predicted octanol–water partition coefficient (Wildman–Crippen LogP) is 4.74. The highest BCUT2D eigenvalue weighted by molar-refractivity contribution is 5.77. The van der Waals surface area contributed by atoms with Crippen molar-refractivity contribution in [2.24, 2.45) is 0 Å². The molecule has 1 N–H and O–H groups in total. The van der Waals surface area contributed by atoms with E-state index in [0.717, 1.165) is 55.9 Å². The molecule has 0 bridgehead atoms. The highest BCUT2D eigenvalue weighted by atomic mass is 19.4. The van der Waals surface area contributed by atoms with E-state index in [0.29, 0.717) is 0 Å². The van der Waals surface area contributed by atoms with Crippen molar-refractivity contribution in [3.63, 3.8) is 0 Å². The molecule has 13 heteroatoms. The minimum Gasteiger partial charge on any atom is -0.369 e. The summed E-state index contributed by atoms with van der Waals surface area (Å²) >= 11 is 0. The molecule has 220 valence electrons. The third kappa shape index (κ3) is 5.71. The van der Waals surface area contributed by atoms with Gasteiger partial charge in [-0.05, 0) is 55.6 Å². The zero-order valence-corrected chi connectivity index (χ0v) is 23.3. The largest absolute Gasteiger partial charge is 0.416 e. The number of halogens is 3. The van der Waals surface area contributed by atoms with Gasteiger partial charge in [0.2, 0.25) is 5.95 Å². The Hall–Kier alpha value is -5.04. The van der Waals surface area contributed by atoms with E-state index in [1.165, 1.54) is 15.6 Å². The fourth-order valence-electron chi connectivity index (χ4n) is 4.99. The first-order chi connectivity index (χ1) is 20.7. The van der Waals surface area contributed by atoms with Crippen LogP contribution in [0.25, 0.3) is 28.2 Å². The van der Waals surface area contributed by atoms with Crippen molar-refractivity contribution in [1.82, 2.24) is 34.2 Å². The van der Waals surface area contributed by atoms with E-state index >= 15 is 0 Å². The van der Waals surface area contributed by atoms with E-state index < -0.39 is 11.7 Å². The van der Waals surface area contributed by atoms with Crippen LogP contribution in [0.5, 0.6) is 0 Å². The summed E-state index contributed by atoms with van der Waals surface area (Å²) in [5.41, 5.74) is 1.24. The quantitative estimate of drug-likeness (QED) is 0.273. The van der Waals surface area contributed by atoms with Crippen molar-refractivity contribution in [3.05, 3.63) is 95.6 Å². The van der Waals surface area contributed by atoms with E-state index in [2.05, 4.69) is 48.7 Å². The average molecular weight is 588 g/mol. The summed E-state index contributed by atoms with van der Waals surface area (Å²) < 4.78 is 42.9. The summed E-state index contributed by atoms with van der Waals surface area (Å²) in [5.74, 6) is 0.534. The molecular formula is C30H28F3N9O. The Morgan fingerprint density at radius 2 is 1.74 bits per heavy atom. The lowest BCUT2D eigenvalue weighted by Crippen LogP contribution is -2.44. The molecular weight excluding hydrogens is 559 g/mol. The van der Waals surface area contributed by atoms with Crippen molar-refractivity contribution in [3.8, 4) is 17.2 Å². The van der Waals surface area contributed by atoms with Gasteiger partial charge in [-0.2, -0.15) is 18.2 Å². The summed E-state index contributed by atoms with van der Waals surface area (Å²) in [5, 5.41) is 3.45. The second kappa shape index (κ2) is 11.3. The van der Waals surface area contributed by atoms with Crippen molar-refractivity contribution < 1.29 is 13.2 Å². The van der Waals surface area contributed by atoms with Crippen molar-refractivity contribution in [2.45, 2.75) is 12.7 Å². The first-order valence-corrected chi connectivity index (χ1v) is 13.6. The van der Waals surface area contributed by atoms with Gasteiger partial charge in [0.25, 0.3) is 5.56 Å². The maximum atomic E-state index is 13.3. The summed E-state index contributed by atoms with van der Waals surface area (Å²) in [6, 6.07) is 14.7. The molecule has 0 amide bonds. The van der Waals surface area contributed by atoms with Gasteiger partial charge in [0.15, 0.2) is 11.5 Å². The Morgan fingerprint density at radius 1 is 0.977 bits per heavy atom. The van der Waals surface area contributed by atoms with Crippen LogP contribution in [0.3, 0.4) is 0 Å². The molecule has 0 aliphatic carbocycles. The number of nitrogens with one attached hydrogen (secondary N) is 1. The Balaban J connectivity index is 1.36. The number of allylic oxidation sites excluding steroid dienone is 1. The van der Waals surface area contributed by atoms with E-state index in [-0.39, 0.29) is 46.3 Å². The first-order valence-electron chi connectivity index (χ1n) is 13.6. The van der Waals surface area contributed by atoms with Crippen LogP contribution in [0.2, 0.25) is 0 Å². The third-order valence-electron chi connectivity index (χ3n) is 7.27. The zero-order chi connectivity index (χ0) is 30.1. The third-order valence-corrected chi connectivity index (χ3v) is 7.27. The van der Waals surface area contributed by atoms with Crippen LogP contribution in [0.1, 0.15) is 5.56 Å². The van der Waals surface area contributed by atoms with Gasteiger partial charge in [-0.25, -0.2) is 19.3 Å². The van der Waals surface area contributed by atoms with Gasteiger partial charge in [0.1, 0.15) is 5.39 Å². The SMILES string of the molecule is C=CCn1c(=O)c2cnc(Nc3ccc(N4CCN(C)CC4)cc3)nc2n1-c1cccc(-c2cc(C(F)(F)F)ccn2)n1. The number of hydrogen-bond acceptors (Lipinski definition) is 8. The van der Waals surface area contributed by atoms with Crippen LogP contribution < -0.4 is 15.8 Å². The second-order valence-electron chi connectivity index (χ2n) is 10.2. The van der Waals surface area contributed by atoms with Crippen LogP contribution in [0.15, 0.2) is 84.4 Å². The number of nitrogens with zero attached hydrogens (tertiary/aromatic N) is 8. The number of rotatable bonds is 7. The van der Waals surface area contributed by atoms with E-state index in [1.54, 1.807) is 24.3 Å². The highest BCUT2D eigenvalue weighted by Crippen LogP contribution is 2.31. The number of piperazine rings is 1.